The number of methoxy groups -OCH3 is 1. The van der Waals surface area contributed by atoms with Crippen molar-refractivity contribution < 1.29 is 23.6 Å². The minimum absolute atomic E-state index is 0.311. The van der Waals surface area contributed by atoms with Crippen LogP contribution in [0, 0.1) is 11.7 Å². The summed E-state index contributed by atoms with van der Waals surface area (Å²) in [6.45, 7) is 0. The Labute approximate surface area is 192 Å². The number of halogens is 2. The second-order valence-electron chi connectivity index (χ2n) is 7.53. The highest BCUT2D eigenvalue weighted by Crippen LogP contribution is 2.49. The molecule has 32 heavy (non-hydrogen) atoms. The van der Waals surface area contributed by atoms with E-state index in [0.717, 1.165) is 9.37 Å². The van der Waals surface area contributed by atoms with Gasteiger partial charge in [0.2, 0.25) is 5.91 Å². The molecule has 2 aliphatic heterocycles. The second kappa shape index (κ2) is 8.03. The molecular weight excluding hydrogens is 479 g/mol. The quantitative estimate of drug-likeness (QED) is 0.492. The highest BCUT2D eigenvalue weighted by molar-refractivity contribution is 9.10. The van der Waals surface area contributed by atoms with Crippen LogP contribution in [0.1, 0.15) is 11.6 Å². The normalized spacial score (nSPS) is 22.4. The van der Waals surface area contributed by atoms with Gasteiger partial charge in [-0.25, -0.2) is 14.4 Å². The van der Waals surface area contributed by atoms with Crippen molar-refractivity contribution in [2.24, 2.45) is 5.92 Å². The summed E-state index contributed by atoms with van der Waals surface area (Å²) < 4.78 is 19.8. The lowest BCUT2D eigenvalue weighted by Gasteiger charge is -2.29. The molecule has 3 atom stereocenters. The second-order valence-corrected chi connectivity index (χ2v) is 8.45. The number of para-hydroxylation sites is 1. The van der Waals surface area contributed by atoms with E-state index in [-0.39, 0.29) is 0 Å². The third-order valence-corrected chi connectivity index (χ3v) is 6.21. The first-order chi connectivity index (χ1) is 15.5. The summed E-state index contributed by atoms with van der Waals surface area (Å²) in [4.78, 5) is 34.0. The van der Waals surface area contributed by atoms with Crippen molar-refractivity contribution >= 4 is 39.1 Å². The van der Waals surface area contributed by atoms with Crippen molar-refractivity contribution in [3.05, 3.63) is 88.6 Å². The van der Waals surface area contributed by atoms with Gasteiger partial charge in [0.25, 0.3) is 5.91 Å². The standard InChI is InChI=1S/C24H18BrFN2O4/c1-31-19-12-7-14(25)13-18(19)21-20-22(32-28(21)17-5-3-2-4-6-17)24(30)27(23(20)29)16-10-8-15(26)9-11-16/h2-13,20-22H,1H3/t20-,21+,22-/m1/s1. The number of nitrogens with zero attached hydrogens (tertiary/aromatic N) is 2. The predicted octanol–water partition coefficient (Wildman–Crippen LogP) is 4.65. The van der Waals surface area contributed by atoms with Crippen LogP contribution in [0.5, 0.6) is 5.75 Å². The van der Waals surface area contributed by atoms with Crippen LogP contribution >= 0.6 is 15.9 Å². The molecule has 2 fully saturated rings. The van der Waals surface area contributed by atoms with Crippen LogP contribution in [0.2, 0.25) is 0 Å². The van der Waals surface area contributed by atoms with Crippen LogP contribution in [0.4, 0.5) is 15.8 Å². The Bertz CT molecular complexity index is 1190. The number of carbonyl (C=O) groups excluding carboxylic acids is 2. The lowest BCUT2D eigenvalue weighted by molar-refractivity contribution is -0.126. The number of rotatable bonds is 4. The molecule has 0 aliphatic carbocycles. The van der Waals surface area contributed by atoms with E-state index < -0.39 is 35.7 Å². The van der Waals surface area contributed by atoms with E-state index in [1.54, 1.807) is 18.2 Å². The zero-order valence-electron chi connectivity index (χ0n) is 16.9. The number of fused-ring (bicyclic) bond motifs is 1. The number of ether oxygens (including phenoxy) is 1. The predicted molar refractivity (Wildman–Crippen MR) is 120 cm³/mol. The molecule has 3 aromatic carbocycles. The number of anilines is 2. The third-order valence-electron chi connectivity index (χ3n) is 5.72. The Morgan fingerprint density at radius 2 is 1.66 bits per heavy atom. The highest BCUT2D eigenvalue weighted by Gasteiger charge is 2.60. The van der Waals surface area contributed by atoms with Crippen LogP contribution < -0.4 is 14.7 Å². The number of imide groups is 1. The summed E-state index contributed by atoms with van der Waals surface area (Å²) in [7, 11) is 1.55. The molecule has 2 heterocycles. The first-order valence-electron chi connectivity index (χ1n) is 9.97. The van der Waals surface area contributed by atoms with E-state index in [1.807, 2.05) is 42.5 Å². The van der Waals surface area contributed by atoms with E-state index in [4.69, 9.17) is 9.57 Å². The molecule has 0 unspecified atom stereocenters. The number of hydrogen-bond donors (Lipinski definition) is 0. The fourth-order valence-electron chi connectivity index (χ4n) is 4.31. The Balaban J connectivity index is 1.63. The minimum Gasteiger partial charge on any atom is -0.496 e. The van der Waals surface area contributed by atoms with E-state index in [2.05, 4.69) is 15.9 Å². The molecule has 0 bridgehead atoms. The van der Waals surface area contributed by atoms with Crippen molar-refractivity contribution in [1.82, 2.24) is 0 Å². The summed E-state index contributed by atoms with van der Waals surface area (Å²) in [5.74, 6) is -1.57. The fraction of sp³-hybridized carbons (Fsp3) is 0.167. The molecule has 0 aromatic heterocycles. The maximum Gasteiger partial charge on any atom is 0.266 e. The summed E-state index contributed by atoms with van der Waals surface area (Å²) >= 11 is 3.49. The van der Waals surface area contributed by atoms with Crippen LogP contribution in [0.15, 0.2) is 77.3 Å². The van der Waals surface area contributed by atoms with Gasteiger partial charge in [0.15, 0.2) is 6.10 Å². The summed E-state index contributed by atoms with van der Waals surface area (Å²) in [6.07, 6.45) is -1.01. The molecule has 2 amide bonds. The van der Waals surface area contributed by atoms with Crippen LogP contribution in [0.25, 0.3) is 0 Å². The molecular formula is C24H18BrFN2O4. The largest absolute Gasteiger partial charge is 0.496 e. The van der Waals surface area contributed by atoms with Gasteiger partial charge in [-0.15, -0.1) is 0 Å². The third kappa shape index (κ3) is 3.27. The molecule has 0 radical (unpaired) electrons. The van der Waals surface area contributed by atoms with Crippen LogP contribution in [-0.4, -0.2) is 25.0 Å². The number of carbonyl (C=O) groups is 2. The maximum absolute atomic E-state index is 13.6. The van der Waals surface area contributed by atoms with Gasteiger partial charge in [-0.3, -0.25) is 14.4 Å². The van der Waals surface area contributed by atoms with Gasteiger partial charge in [0, 0.05) is 10.0 Å². The van der Waals surface area contributed by atoms with Crippen molar-refractivity contribution in [3.63, 3.8) is 0 Å². The number of hydrogen-bond acceptors (Lipinski definition) is 5. The van der Waals surface area contributed by atoms with Gasteiger partial charge in [-0.05, 0) is 54.6 Å². The van der Waals surface area contributed by atoms with Crippen LogP contribution in [-0.2, 0) is 14.4 Å². The zero-order valence-corrected chi connectivity index (χ0v) is 18.5. The molecule has 0 N–H and O–H groups in total. The Kier molecular flexibility index (Phi) is 5.19. The molecule has 3 aromatic rings. The van der Waals surface area contributed by atoms with Gasteiger partial charge in [-0.1, -0.05) is 34.1 Å². The van der Waals surface area contributed by atoms with Gasteiger partial charge in [0.1, 0.15) is 17.5 Å². The molecule has 162 valence electrons. The molecule has 2 saturated heterocycles. The van der Waals surface area contributed by atoms with Gasteiger partial charge in [0.05, 0.1) is 24.5 Å². The first kappa shape index (κ1) is 20.7. The van der Waals surface area contributed by atoms with Crippen molar-refractivity contribution in [2.75, 3.05) is 17.1 Å². The molecule has 0 spiro atoms. The maximum atomic E-state index is 13.6. The molecule has 6 nitrogen and oxygen atoms in total. The molecule has 0 saturated carbocycles. The first-order valence-corrected chi connectivity index (χ1v) is 10.8. The molecule has 5 rings (SSSR count). The lowest BCUT2D eigenvalue weighted by atomic mass is 9.90. The van der Waals surface area contributed by atoms with Crippen molar-refractivity contribution in [2.45, 2.75) is 12.1 Å². The van der Waals surface area contributed by atoms with Crippen LogP contribution in [0.3, 0.4) is 0 Å². The number of amides is 2. The van der Waals surface area contributed by atoms with E-state index in [1.165, 1.54) is 24.3 Å². The minimum atomic E-state index is -1.01. The van der Waals surface area contributed by atoms with Crippen molar-refractivity contribution in [1.29, 1.82) is 0 Å². The number of hydroxylamine groups is 1. The smallest absolute Gasteiger partial charge is 0.266 e. The highest BCUT2D eigenvalue weighted by atomic mass is 79.9. The fourth-order valence-corrected chi connectivity index (χ4v) is 4.69. The monoisotopic (exact) mass is 496 g/mol. The summed E-state index contributed by atoms with van der Waals surface area (Å²) in [6, 6.07) is 19.5. The lowest BCUT2D eigenvalue weighted by Crippen LogP contribution is -2.37. The zero-order chi connectivity index (χ0) is 22.4. The van der Waals surface area contributed by atoms with E-state index >= 15 is 0 Å². The van der Waals surface area contributed by atoms with Crippen molar-refractivity contribution in [3.8, 4) is 5.75 Å². The number of benzene rings is 3. The van der Waals surface area contributed by atoms with Gasteiger partial charge >= 0.3 is 0 Å². The molecule has 8 heteroatoms. The Hall–Kier alpha value is -3.23. The van der Waals surface area contributed by atoms with E-state index in [0.29, 0.717) is 22.7 Å². The molecule has 2 aliphatic rings. The summed E-state index contributed by atoms with van der Waals surface area (Å²) in [5, 5.41) is 1.61. The van der Waals surface area contributed by atoms with Gasteiger partial charge in [-0.2, -0.15) is 0 Å². The van der Waals surface area contributed by atoms with E-state index in [9.17, 15) is 14.0 Å². The Morgan fingerprint density at radius 1 is 0.938 bits per heavy atom. The SMILES string of the molecule is COc1ccc(Br)cc1[C@H]1[C@H]2C(=O)N(c3ccc(F)cc3)C(=O)[C@@H]2ON1c1ccccc1. The van der Waals surface area contributed by atoms with Gasteiger partial charge < -0.3 is 4.74 Å². The topological polar surface area (TPSA) is 59.1 Å². The Morgan fingerprint density at radius 3 is 2.34 bits per heavy atom. The average molecular weight is 497 g/mol. The average Bonchev–Trinajstić information content (AvgIpc) is 3.31. The summed E-state index contributed by atoms with van der Waals surface area (Å²) in [5.41, 5.74) is 1.73.